The van der Waals surface area contributed by atoms with Crippen LogP contribution < -0.4 is 20.5 Å². The zero-order chi connectivity index (χ0) is 32.3. The molecule has 1 aliphatic carbocycles. The number of nitrogens with zero attached hydrogens (tertiary/aromatic N) is 3. The van der Waals surface area contributed by atoms with Crippen LogP contribution in [0.1, 0.15) is 53.8 Å². The van der Waals surface area contributed by atoms with E-state index in [4.69, 9.17) is 15.2 Å². The number of ether oxygens (including phenoxy) is 2. The van der Waals surface area contributed by atoms with Crippen molar-refractivity contribution in [1.29, 1.82) is 0 Å². The van der Waals surface area contributed by atoms with Crippen molar-refractivity contribution in [2.24, 2.45) is 5.73 Å². The van der Waals surface area contributed by atoms with Crippen molar-refractivity contribution >= 4 is 22.7 Å². The number of carbonyl (C=O) groups excluding carboxylic acids is 2. The molecule has 14 heteroatoms. The summed E-state index contributed by atoms with van der Waals surface area (Å²) < 4.78 is 71.0. The minimum atomic E-state index is -5.35. The molecule has 45 heavy (non-hydrogen) atoms. The fourth-order valence-corrected chi connectivity index (χ4v) is 5.57. The minimum absolute atomic E-state index is 0.00121. The van der Waals surface area contributed by atoms with Gasteiger partial charge in [-0.05, 0) is 61.7 Å². The summed E-state index contributed by atoms with van der Waals surface area (Å²) in [4.78, 5) is 30.0. The van der Waals surface area contributed by atoms with Crippen molar-refractivity contribution in [2.45, 2.75) is 49.4 Å². The molecule has 0 spiro atoms. The zero-order valence-corrected chi connectivity index (χ0v) is 24.2. The summed E-state index contributed by atoms with van der Waals surface area (Å²) in [5.74, 6) is -2.11. The molecule has 0 radical (unpaired) electrons. The highest BCUT2D eigenvalue weighted by Crippen LogP contribution is 2.49. The lowest BCUT2D eigenvalue weighted by atomic mass is 9.78. The molecule has 0 saturated heterocycles. The second-order valence-corrected chi connectivity index (χ2v) is 11.3. The lowest BCUT2D eigenvalue weighted by molar-refractivity contribution is -0.265. The summed E-state index contributed by atoms with van der Waals surface area (Å²) in [6.45, 7) is 0.0229. The van der Waals surface area contributed by atoms with E-state index in [1.807, 2.05) is 0 Å². The maximum atomic E-state index is 14.8. The molecule has 2 aromatic heterocycles. The van der Waals surface area contributed by atoms with Crippen molar-refractivity contribution < 1.29 is 41.7 Å². The second-order valence-electron chi connectivity index (χ2n) is 11.3. The Kier molecular flexibility index (Phi) is 7.22. The van der Waals surface area contributed by atoms with Crippen LogP contribution in [0.4, 0.5) is 17.6 Å². The van der Waals surface area contributed by atoms with E-state index in [0.29, 0.717) is 10.9 Å². The molecule has 10 nitrogen and oxygen atoms in total. The van der Waals surface area contributed by atoms with Crippen LogP contribution in [-0.4, -0.2) is 58.1 Å². The first kappa shape index (κ1) is 30.3. The normalized spacial score (nSPS) is 19.1. The molecule has 1 saturated carbocycles. The Bertz CT molecular complexity index is 1820. The van der Waals surface area contributed by atoms with Crippen LogP contribution in [-0.2, 0) is 15.8 Å². The summed E-state index contributed by atoms with van der Waals surface area (Å²) in [6.07, 6.45) is -1.61. The van der Waals surface area contributed by atoms with Gasteiger partial charge < -0.3 is 25.6 Å². The largest absolute Gasteiger partial charge is 0.494 e. The van der Waals surface area contributed by atoms with Gasteiger partial charge in [-0.25, -0.2) is 9.37 Å². The van der Waals surface area contributed by atoms with E-state index >= 15 is 0 Å². The lowest BCUT2D eigenvalue weighted by Crippen LogP contribution is -2.52. The van der Waals surface area contributed by atoms with Crippen LogP contribution in [0, 0.1) is 5.82 Å². The van der Waals surface area contributed by atoms with Crippen molar-refractivity contribution in [3.05, 3.63) is 71.3 Å². The third-order valence-electron chi connectivity index (χ3n) is 8.54. The molecular weight excluding hydrogens is 598 g/mol. The lowest BCUT2D eigenvalue weighted by Gasteiger charge is -2.32. The van der Waals surface area contributed by atoms with Gasteiger partial charge in [0.15, 0.2) is 0 Å². The number of carbonyl (C=O) groups is 2. The molecule has 2 amide bonds. The Balaban J connectivity index is 1.41. The predicted octanol–water partition coefficient (Wildman–Crippen LogP) is 4.29. The third kappa shape index (κ3) is 5.02. The second kappa shape index (κ2) is 10.7. The van der Waals surface area contributed by atoms with E-state index in [1.165, 1.54) is 31.4 Å². The predicted molar refractivity (Wildman–Crippen MR) is 153 cm³/mol. The number of alkyl halides is 3. The van der Waals surface area contributed by atoms with Gasteiger partial charge in [0, 0.05) is 28.3 Å². The molecule has 2 aliphatic rings. The Labute approximate surface area is 254 Å². The molecule has 0 bridgehead atoms. The number of fused-ring (bicyclic) bond motifs is 2. The van der Waals surface area contributed by atoms with Crippen LogP contribution in [0.25, 0.3) is 22.2 Å². The zero-order valence-electron chi connectivity index (χ0n) is 24.2. The highest BCUT2D eigenvalue weighted by molar-refractivity contribution is 6.00. The molecular formula is C31H29F4N5O5. The van der Waals surface area contributed by atoms with Crippen molar-refractivity contribution in [1.82, 2.24) is 20.1 Å². The van der Waals surface area contributed by atoms with Crippen molar-refractivity contribution in [3.8, 4) is 22.8 Å². The number of primary amides is 1. The number of aliphatic hydroxyl groups is 1. The maximum Gasteiger partial charge on any atom is 0.424 e. The quantitative estimate of drug-likeness (QED) is 0.235. The molecule has 2 aromatic carbocycles. The maximum absolute atomic E-state index is 14.8. The standard InChI is InChI=1S/C31H29F4N5O5/c1-3-29(28(36)42)15-45-26-21(29)12-23(38-25(26)16-4-6-19(32)7-5-16)30(43,31(33,34)35)14-37-27(41)17-10-18-13-40(20-8-9-20)39-24(18)22(11-17)44-2/h4-7,10-13,20,43H,3,8-9,14-15H2,1-2H3,(H2,36,42)(H,37,41)/t29-,30?/m1/s1. The highest BCUT2D eigenvalue weighted by atomic mass is 19.4. The molecule has 1 fully saturated rings. The minimum Gasteiger partial charge on any atom is -0.494 e. The molecule has 3 heterocycles. The number of nitrogens with one attached hydrogen (secondary N) is 1. The number of hydrogen-bond acceptors (Lipinski definition) is 7. The average Bonchev–Trinajstić information content (AvgIpc) is 3.65. The van der Waals surface area contributed by atoms with Crippen molar-refractivity contribution in [2.75, 3.05) is 20.3 Å². The van der Waals surface area contributed by atoms with Gasteiger partial charge in [0.2, 0.25) is 11.5 Å². The van der Waals surface area contributed by atoms with Crippen LogP contribution in [0.15, 0.2) is 48.7 Å². The number of halogens is 4. The molecule has 1 unspecified atom stereocenters. The smallest absolute Gasteiger partial charge is 0.424 e. The Morgan fingerprint density at radius 3 is 2.51 bits per heavy atom. The molecule has 2 atom stereocenters. The first-order chi connectivity index (χ1) is 21.3. The molecule has 4 N–H and O–H groups in total. The van der Waals surface area contributed by atoms with Crippen LogP contribution in [0.5, 0.6) is 11.5 Å². The number of rotatable bonds is 9. The van der Waals surface area contributed by atoms with Gasteiger partial charge in [-0.15, -0.1) is 0 Å². The van der Waals surface area contributed by atoms with Gasteiger partial charge in [0.25, 0.3) is 5.91 Å². The summed E-state index contributed by atoms with van der Waals surface area (Å²) in [7, 11) is 1.39. The van der Waals surface area contributed by atoms with Gasteiger partial charge in [0.05, 0.1) is 25.4 Å². The first-order valence-corrected chi connectivity index (χ1v) is 14.2. The summed E-state index contributed by atoms with van der Waals surface area (Å²) in [6, 6.07) is 8.75. The van der Waals surface area contributed by atoms with Gasteiger partial charge >= 0.3 is 6.18 Å². The fraction of sp³-hybridized carbons (Fsp3) is 0.355. The topological polar surface area (TPSA) is 142 Å². The van der Waals surface area contributed by atoms with E-state index in [1.54, 1.807) is 17.8 Å². The average molecular weight is 628 g/mol. The monoisotopic (exact) mass is 627 g/mol. The van der Waals surface area contributed by atoms with E-state index in [0.717, 1.165) is 31.0 Å². The molecule has 1 aliphatic heterocycles. The van der Waals surface area contributed by atoms with E-state index in [9.17, 15) is 32.3 Å². The number of pyridine rings is 1. The number of hydrogen-bond donors (Lipinski definition) is 3. The van der Waals surface area contributed by atoms with Crippen LogP contribution in [0.3, 0.4) is 0 Å². The first-order valence-electron chi connectivity index (χ1n) is 14.2. The molecule has 236 valence electrons. The summed E-state index contributed by atoms with van der Waals surface area (Å²) in [5, 5.41) is 18.6. The van der Waals surface area contributed by atoms with Gasteiger partial charge in [-0.1, -0.05) is 6.92 Å². The van der Waals surface area contributed by atoms with Crippen LogP contribution >= 0.6 is 0 Å². The van der Waals surface area contributed by atoms with E-state index in [-0.39, 0.29) is 53.0 Å². The number of methoxy groups -OCH3 is 1. The van der Waals surface area contributed by atoms with Gasteiger partial charge in [-0.3, -0.25) is 14.3 Å². The number of nitrogens with two attached hydrogens (primary N) is 1. The van der Waals surface area contributed by atoms with Crippen LogP contribution in [0.2, 0.25) is 0 Å². The highest BCUT2D eigenvalue weighted by Gasteiger charge is 2.58. The van der Waals surface area contributed by atoms with Gasteiger partial charge in [0.1, 0.15) is 40.5 Å². The fourth-order valence-electron chi connectivity index (χ4n) is 5.57. The summed E-state index contributed by atoms with van der Waals surface area (Å²) in [5.41, 5.74) is 0.0628. The SMILES string of the molecule is CC[C@@]1(C(N)=O)COc2c1cc(C(O)(CNC(=O)c1cc(OC)c3nn(C4CC4)cc3c1)C(F)(F)F)nc2-c1ccc(F)cc1. The van der Waals surface area contributed by atoms with Gasteiger partial charge in [-0.2, -0.15) is 18.3 Å². The van der Waals surface area contributed by atoms with Crippen molar-refractivity contribution in [3.63, 3.8) is 0 Å². The number of amides is 2. The number of benzene rings is 2. The molecule has 6 rings (SSSR count). The Morgan fingerprint density at radius 1 is 1.20 bits per heavy atom. The van der Waals surface area contributed by atoms with E-state index in [2.05, 4.69) is 15.4 Å². The Hall–Kier alpha value is -4.72. The van der Waals surface area contributed by atoms with E-state index < -0.39 is 47.1 Å². The summed E-state index contributed by atoms with van der Waals surface area (Å²) >= 11 is 0. The number of aromatic nitrogens is 3. The third-order valence-corrected chi connectivity index (χ3v) is 8.54. The molecule has 4 aromatic rings. The Morgan fingerprint density at radius 2 is 1.91 bits per heavy atom.